The van der Waals surface area contributed by atoms with Crippen LogP contribution >= 0.6 is 11.8 Å². The second kappa shape index (κ2) is 8.89. The van der Waals surface area contributed by atoms with Crippen molar-refractivity contribution in [2.75, 3.05) is 33.4 Å². The molecule has 0 saturated heterocycles. The summed E-state index contributed by atoms with van der Waals surface area (Å²) in [5, 5.41) is 7.32. The topological polar surface area (TPSA) is 56.7 Å². The van der Waals surface area contributed by atoms with Crippen LogP contribution in [0.25, 0.3) is 0 Å². The van der Waals surface area contributed by atoms with Crippen LogP contribution in [0.4, 0.5) is 0 Å². The molecule has 0 spiro atoms. The van der Waals surface area contributed by atoms with E-state index in [1.54, 1.807) is 25.1 Å². The number of rotatable bonds is 6. The molecule has 0 bridgehead atoms. The van der Waals surface area contributed by atoms with Gasteiger partial charge in [0.05, 0.1) is 0 Å². The van der Waals surface area contributed by atoms with E-state index in [1.807, 2.05) is 11.8 Å². The van der Waals surface area contributed by atoms with Crippen molar-refractivity contribution in [2.24, 2.45) is 4.99 Å². The smallest absolute Gasteiger partial charge is 0.243 e. The number of likely N-dealkylation sites (N-methyl/N-ethyl adjacent to an activating group) is 1. The fraction of sp³-hybridized carbons (Fsp3) is 0.714. The molecular weight excluding hydrogens is 272 g/mol. The number of thioether (sulfide) groups is 1. The normalized spacial score (nSPS) is 22.4. The zero-order chi connectivity index (χ0) is 15.0. The average Bonchev–Trinajstić information content (AvgIpc) is 2.88. The molecule has 1 rings (SSSR count). The van der Waals surface area contributed by atoms with Gasteiger partial charge in [0.2, 0.25) is 5.91 Å². The number of carbonyl (C=O) groups excluding carboxylic acids is 1. The maximum absolute atomic E-state index is 11.6. The van der Waals surface area contributed by atoms with Gasteiger partial charge in [-0.2, -0.15) is 11.8 Å². The predicted molar refractivity (Wildman–Crippen MR) is 87.3 cm³/mol. The lowest BCUT2D eigenvalue weighted by molar-refractivity contribution is -0.127. The Balaban J connectivity index is 2.53. The monoisotopic (exact) mass is 298 g/mol. The van der Waals surface area contributed by atoms with Gasteiger partial charge in [-0.1, -0.05) is 6.08 Å². The molecule has 2 N–H and O–H groups in total. The fourth-order valence-electron chi connectivity index (χ4n) is 2.09. The van der Waals surface area contributed by atoms with Crippen LogP contribution in [-0.2, 0) is 4.79 Å². The summed E-state index contributed by atoms with van der Waals surface area (Å²) < 4.78 is 0. The molecule has 0 heterocycles. The van der Waals surface area contributed by atoms with Crippen molar-refractivity contribution in [2.45, 2.75) is 30.6 Å². The molecule has 6 heteroatoms. The lowest BCUT2D eigenvalue weighted by atomic mass is 10.2. The molecule has 0 aliphatic heterocycles. The summed E-state index contributed by atoms with van der Waals surface area (Å²) in [4.78, 5) is 17.5. The van der Waals surface area contributed by atoms with Crippen molar-refractivity contribution in [3.63, 3.8) is 0 Å². The summed E-state index contributed by atoms with van der Waals surface area (Å²) in [5.74, 6) is 0.699. The fourth-order valence-corrected chi connectivity index (χ4v) is 2.88. The Morgan fingerprint density at radius 3 is 2.80 bits per heavy atom. The van der Waals surface area contributed by atoms with Gasteiger partial charge in [-0.3, -0.25) is 4.79 Å². The summed E-state index contributed by atoms with van der Waals surface area (Å²) in [6.07, 6.45) is 7.49. The van der Waals surface area contributed by atoms with Gasteiger partial charge in [-0.15, -0.1) is 6.58 Å². The SMILES string of the molecule is C=CCNC(=NCC(=O)N(C)C)NC1CCC(SC)C1. The van der Waals surface area contributed by atoms with E-state index in [9.17, 15) is 4.79 Å². The molecule has 1 amide bonds. The van der Waals surface area contributed by atoms with Gasteiger partial charge in [-0.25, -0.2) is 4.99 Å². The van der Waals surface area contributed by atoms with Crippen molar-refractivity contribution in [3.8, 4) is 0 Å². The van der Waals surface area contributed by atoms with Crippen LogP contribution in [0.1, 0.15) is 19.3 Å². The van der Waals surface area contributed by atoms with Crippen LogP contribution in [0.2, 0.25) is 0 Å². The first-order valence-electron chi connectivity index (χ1n) is 6.95. The first-order chi connectivity index (χ1) is 9.56. The number of carbonyl (C=O) groups is 1. The van der Waals surface area contributed by atoms with E-state index in [4.69, 9.17) is 0 Å². The second-order valence-electron chi connectivity index (χ2n) is 5.13. The maximum atomic E-state index is 11.6. The number of guanidine groups is 1. The van der Waals surface area contributed by atoms with E-state index in [0.29, 0.717) is 18.5 Å². The molecular formula is C14H26N4OS. The van der Waals surface area contributed by atoms with Crippen molar-refractivity contribution >= 4 is 23.6 Å². The number of amides is 1. The quantitative estimate of drug-likeness (QED) is 0.438. The molecule has 1 saturated carbocycles. The predicted octanol–water partition coefficient (Wildman–Crippen LogP) is 1.08. The van der Waals surface area contributed by atoms with Gasteiger partial charge >= 0.3 is 0 Å². The summed E-state index contributed by atoms with van der Waals surface area (Å²) in [5.41, 5.74) is 0. The standard InChI is InChI=1S/C14H26N4OS/c1-5-8-15-14(16-10-13(19)18(2)3)17-11-6-7-12(9-11)20-4/h5,11-12H,1,6-10H2,2-4H3,(H2,15,16,17). The Morgan fingerprint density at radius 1 is 1.50 bits per heavy atom. The van der Waals surface area contributed by atoms with E-state index in [-0.39, 0.29) is 12.5 Å². The van der Waals surface area contributed by atoms with Gasteiger partial charge in [-0.05, 0) is 25.5 Å². The summed E-state index contributed by atoms with van der Waals surface area (Å²) >= 11 is 1.93. The number of nitrogens with zero attached hydrogens (tertiary/aromatic N) is 2. The molecule has 2 unspecified atom stereocenters. The molecule has 0 aromatic carbocycles. The van der Waals surface area contributed by atoms with Crippen LogP contribution in [0.3, 0.4) is 0 Å². The largest absolute Gasteiger partial charge is 0.354 e. The van der Waals surface area contributed by atoms with Crippen LogP contribution < -0.4 is 10.6 Å². The number of nitrogens with one attached hydrogen (secondary N) is 2. The Hall–Kier alpha value is -1.17. The lowest BCUT2D eigenvalue weighted by Gasteiger charge is -2.17. The molecule has 0 aromatic rings. The van der Waals surface area contributed by atoms with Gasteiger partial charge in [0.1, 0.15) is 6.54 Å². The molecule has 1 aliphatic carbocycles. The second-order valence-corrected chi connectivity index (χ2v) is 6.27. The zero-order valence-electron chi connectivity index (χ0n) is 12.7. The molecule has 20 heavy (non-hydrogen) atoms. The highest BCUT2D eigenvalue weighted by Crippen LogP contribution is 2.27. The number of hydrogen-bond donors (Lipinski definition) is 2. The summed E-state index contributed by atoms with van der Waals surface area (Å²) in [6.45, 7) is 4.49. The Bertz CT molecular complexity index is 357. The van der Waals surface area contributed by atoms with Crippen molar-refractivity contribution in [1.29, 1.82) is 0 Å². The highest BCUT2D eigenvalue weighted by Gasteiger charge is 2.24. The molecule has 1 aliphatic rings. The highest BCUT2D eigenvalue weighted by molar-refractivity contribution is 7.99. The first kappa shape index (κ1) is 16.9. The zero-order valence-corrected chi connectivity index (χ0v) is 13.5. The van der Waals surface area contributed by atoms with E-state index < -0.39 is 0 Å². The third kappa shape index (κ3) is 5.86. The molecule has 0 radical (unpaired) electrons. The minimum absolute atomic E-state index is 0.00175. The molecule has 2 atom stereocenters. The maximum Gasteiger partial charge on any atom is 0.243 e. The van der Waals surface area contributed by atoms with Crippen molar-refractivity contribution in [3.05, 3.63) is 12.7 Å². The van der Waals surface area contributed by atoms with Crippen LogP contribution in [0, 0.1) is 0 Å². The third-order valence-corrected chi connectivity index (χ3v) is 4.44. The minimum Gasteiger partial charge on any atom is -0.354 e. The van der Waals surface area contributed by atoms with Crippen LogP contribution in [0.5, 0.6) is 0 Å². The van der Waals surface area contributed by atoms with Crippen LogP contribution in [0.15, 0.2) is 17.6 Å². The summed E-state index contributed by atoms with van der Waals surface area (Å²) in [7, 11) is 3.48. The molecule has 114 valence electrons. The molecule has 5 nitrogen and oxygen atoms in total. The van der Waals surface area contributed by atoms with Crippen molar-refractivity contribution < 1.29 is 4.79 Å². The van der Waals surface area contributed by atoms with E-state index in [1.165, 1.54) is 6.42 Å². The molecule has 1 fully saturated rings. The van der Waals surface area contributed by atoms with E-state index in [2.05, 4.69) is 28.5 Å². The van der Waals surface area contributed by atoms with E-state index >= 15 is 0 Å². The lowest BCUT2D eigenvalue weighted by Crippen LogP contribution is -2.43. The van der Waals surface area contributed by atoms with Gasteiger partial charge in [0.15, 0.2) is 5.96 Å². The number of hydrogen-bond acceptors (Lipinski definition) is 3. The highest BCUT2D eigenvalue weighted by atomic mass is 32.2. The third-order valence-electron chi connectivity index (χ3n) is 3.34. The van der Waals surface area contributed by atoms with Gasteiger partial charge < -0.3 is 15.5 Å². The van der Waals surface area contributed by atoms with E-state index in [0.717, 1.165) is 18.1 Å². The Labute approximate surface area is 126 Å². The van der Waals surface area contributed by atoms with Gasteiger partial charge in [0.25, 0.3) is 0 Å². The summed E-state index contributed by atoms with van der Waals surface area (Å²) in [6, 6.07) is 0.443. The minimum atomic E-state index is -0.00175. The van der Waals surface area contributed by atoms with Crippen molar-refractivity contribution in [1.82, 2.24) is 15.5 Å². The first-order valence-corrected chi connectivity index (χ1v) is 8.24. The number of aliphatic imine (C=N–C) groups is 1. The Morgan fingerprint density at radius 2 is 2.25 bits per heavy atom. The molecule has 0 aromatic heterocycles. The van der Waals surface area contributed by atoms with Gasteiger partial charge in [0, 0.05) is 31.9 Å². The Kier molecular flexibility index (Phi) is 7.51. The van der Waals surface area contributed by atoms with Crippen LogP contribution in [-0.4, -0.2) is 61.5 Å². The average molecular weight is 298 g/mol.